The van der Waals surface area contributed by atoms with Gasteiger partial charge in [-0.1, -0.05) is 0 Å². The monoisotopic (exact) mass is 265 g/mol. The highest BCUT2D eigenvalue weighted by Crippen LogP contribution is 2.15. The molecule has 0 bridgehead atoms. The third kappa shape index (κ3) is 5.42. The normalized spacial score (nSPS) is 10.8. The summed E-state index contributed by atoms with van der Waals surface area (Å²) in [6.07, 6.45) is 1.14. The van der Waals surface area contributed by atoms with Crippen LogP contribution in [0, 0.1) is 6.92 Å². The SMILES string of the molecule is CCNc1nc(C)cc(N(CC)CCCN(C)C)n1. The van der Waals surface area contributed by atoms with Crippen molar-refractivity contribution in [2.75, 3.05) is 50.5 Å². The largest absolute Gasteiger partial charge is 0.357 e. The molecule has 0 saturated carbocycles. The minimum absolute atomic E-state index is 0.726. The Labute approximate surface area is 117 Å². The van der Waals surface area contributed by atoms with E-state index in [2.05, 4.69) is 59.1 Å². The molecule has 0 radical (unpaired) electrons. The molecule has 1 aromatic heterocycles. The van der Waals surface area contributed by atoms with Gasteiger partial charge in [0.15, 0.2) is 0 Å². The van der Waals surface area contributed by atoms with E-state index in [1.54, 1.807) is 0 Å². The lowest BCUT2D eigenvalue weighted by atomic mass is 10.3. The van der Waals surface area contributed by atoms with Crippen LogP contribution in [0.15, 0.2) is 6.07 Å². The van der Waals surface area contributed by atoms with Crippen LogP contribution in [0.25, 0.3) is 0 Å². The molecule has 0 fully saturated rings. The smallest absolute Gasteiger partial charge is 0.224 e. The maximum Gasteiger partial charge on any atom is 0.224 e. The van der Waals surface area contributed by atoms with Crippen LogP contribution in [0.5, 0.6) is 0 Å². The fourth-order valence-electron chi connectivity index (χ4n) is 1.96. The molecule has 0 aliphatic heterocycles. The number of anilines is 2. The molecule has 1 N–H and O–H groups in total. The van der Waals surface area contributed by atoms with Crippen LogP contribution in [-0.4, -0.2) is 55.1 Å². The first-order chi connectivity index (χ1) is 9.06. The van der Waals surface area contributed by atoms with Gasteiger partial charge in [-0.05, 0) is 47.8 Å². The molecule has 19 heavy (non-hydrogen) atoms. The number of aromatic nitrogens is 2. The molecule has 1 aromatic rings. The summed E-state index contributed by atoms with van der Waals surface area (Å²) in [5.41, 5.74) is 1.01. The van der Waals surface area contributed by atoms with Gasteiger partial charge >= 0.3 is 0 Å². The van der Waals surface area contributed by atoms with Gasteiger partial charge in [-0.2, -0.15) is 4.98 Å². The Morgan fingerprint density at radius 2 is 1.89 bits per heavy atom. The Balaban J connectivity index is 2.73. The molecule has 5 nitrogen and oxygen atoms in total. The maximum absolute atomic E-state index is 4.58. The Kier molecular flexibility index (Phi) is 6.56. The Hall–Kier alpha value is -1.36. The molecular weight excluding hydrogens is 238 g/mol. The maximum atomic E-state index is 4.58. The molecule has 0 aliphatic carbocycles. The molecule has 5 heteroatoms. The van der Waals surface area contributed by atoms with Crippen molar-refractivity contribution in [2.45, 2.75) is 27.2 Å². The minimum Gasteiger partial charge on any atom is -0.357 e. The predicted molar refractivity (Wildman–Crippen MR) is 82.0 cm³/mol. The quantitative estimate of drug-likeness (QED) is 0.779. The molecule has 0 aromatic carbocycles. The zero-order chi connectivity index (χ0) is 14.3. The first-order valence-electron chi connectivity index (χ1n) is 7.06. The van der Waals surface area contributed by atoms with Crippen LogP contribution >= 0.6 is 0 Å². The van der Waals surface area contributed by atoms with E-state index in [4.69, 9.17) is 0 Å². The molecule has 0 aliphatic rings. The van der Waals surface area contributed by atoms with Crippen LogP contribution in [-0.2, 0) is 0 Å². The molecule has 1 rings (SSSR count). The van der Waals surface area contributed by atoms with Gasteiger partial charge in [0.2, 0.25) is 5.95 Å². The van der Waals surface area contributed by atoms with Gasteiger partial charge in [-0.3, -0.25) is 0 Å². The highest BCUT2D eigenvalue weighted by Gasteiger charge is 2.08. The standard InChI is InChI=1S/C14H27N5/c1-6-15-14-16-12(3)11-13(17-14)19(7-2)10-8-9-18(4)5/h11H,6-10H2,1-5H3,(H,15,16,17). The van der Waals surface area contributed by atoms with Gasteiger partial charge < -0.3 is 15.1 Å². The van der Waals surface area contributed by atoms with Crippen molar-refractivity contribution in [3.05, 3.63) is 11.8 Å². The lowest BCUT2D eigenvalue weighted by molar-refractivity contribution is 0.400. The number of rotatable bonds is 8. The molecule has 108 valence electrons. The van der Waals surface area contributed by atoms with Crippen LogP contribution < -0.4 is 10.2 Å². The first kappa shape index (κ1) is 15.7. The van der Waals surface area contributed by atoms with Crippen molar-refractivity contribution < 1.29 is 0 Å². The molecule has 1 heterocycles. The topological polar surface area (TPSA) is 44.3 Å². The highest BCUT2D eigenvalue weighted by atomic mass is 15.2. The van der Waals surface area contributed by atoms with Crippen molar-refractivity contribution >= 4 is 11.8 Å². The average Bonchev–Trinajstić information content (AvgIpc) is 2.34. The second-order valence-electron chi connectivity index (χ2n) is 4.96. The predicted octanol–water partition coefficient (Wildman–Crippen LogP) is 1.99. The number of nitrogens with zero attached hydrogens (tertiary/aromatic N) is 4. The lowest BCUT2D eigenvalue weighted by Crippen LogP contribution is -2.28. The number of hydrogen-bond acceptors (Lipinski definition) is 5. The van der Waals surface area contributed by atoms with Crippen molar-refractivity contribution in [1.29, 1.82) is 0 Å². The van der Waals surface area contributed by atoms with Gasteiger partial charge in [0.25, 0.3) is 0 Å². The van der Waals surface area contributed by atoms with Crippen molar-refractivity contribution in [2.24, 2.45) is 0 Å². The first-order valence-corrected chi connectivity index (χ1v) is 7.06. The minimum atomic E-state index is 0.726. The molecule has 0 unspecified atom stereocenters. The second-order valence-corrected chi connectivity index (χ2v) is 4.96. The van der Waals surface area contributed by atoms with E-state index in [9.17, 15) is 0 Å². The van der Waals surface area contributed by atoms with Gasteiger partial charge in [0, 0.05) is 31.4 Å². The number of hydrogen-bond donors (Lipinski definition) is 1. The third-order valence-electron chi connectivity index (χ3n) is 2.91. The number of aryl methyl sites for hydroxylation is 1. The van der Waals surface area contributed by atoms with Crippen molar-refractivity contribution in [1.82, 2.24) is 14.9 Å². The van der Waals surface area contributed by atoms with E-state index in [0.717, 1.165) is 50.1 Å². The summed E-state index contributed by atoms with van der Waals surface area (Å²) in [6, 6.07) is 2.06. The third-order valence-corrected chi connectivity index (χ3v) is 2.91. The summed E-state index contributed by atoms with van der Waals surface area (Å²) in [5, 5.41) is 3.18. The van der Waals surface area contributed by atoms with Gasteiger partial charge in [0.05, 0.1) is 0 Å². The molecule has 0 atom stereocenters. The van der Waals surface area contributed by atoms with Gasteiger partial charge in [-0.15, -0.1) is 0 Å². The Bertz CT molecular complexity index is 378. The molecular formula is C14H27N5. The number of nitrogens with one attached hydrogen (secondary N) is 1. The van der Waals surface area contributed by atoms with E-state index in [0.29, 0.717) is 0 Å². The molecule has 0 saturated heterocycles. The van der Waals surface area contributed by atoms with E-state index in [-0.39, 0.29) is 0 Å². The second kappa shape index (κ2) is 7.94. The van der Waals surface area contributed by atoms with E-state index >= 15 is 0 Å². The summed E-state index contributed by atoms with van der Waals surface area (Å²) in [5.74, 6) is 1.74. The summed E-state index contributed by atoms with van der Waals surface area (Å²) in [4.78, 5) is 13.5. The van der Waals surface area contributed by atoms with E-state index in [1.807, 2.05) is 6.92 Å². The van der Waals surface area contributed by atoms with Crippen LogP contribution in [0.4, 0.5) is 11.8 Å². The van der Waals surface area contributed by atoms with Crippen molar-refractivity contribution in [3.63, 3.8) is 0 Å². The highest BCUT2D eigenvalue weighted by molar-refractivity contribution is 5.44. The van der Waals surface area contributed by atoms with Crippen LogP contribution in [0.1, 0.15) is 26.0 Å². The Morgan fingerprint density at radius 1 is 1.16 bits per heavy atom. The van der Waals surface area contributed by atoms with Crippen LogP contribution in [0.3, 0.4) is 0 Å². The summed E-state index contributed by atoms with van der Waals surface area (Å²) < 4.78 is 0. The van der Waals surface area contributed by atoms with Gasteiger partial charge in [-0.25, -0.2) is 4.98 Å². The molecule has 0 amide bonds. The van der Waals surface area contributed by atoms with E-state index < -0.39 is 0 Å². The lowest BCUT2D eigenvalue weighted by Gasteiger charge is -2.23. The van der Waals surface area contributed by atoms with Gasteiger partial charge in [0.1, 0.15) is 5.82 Å². The Morgan fingerprint density at radius 3 is 2.47 bits per heavy atom. The zero-order valence-electron chi connectivity index (χ0n) is 12.9. The average molecular weight is 265 g/mol. The summed E-state index contributed by atoms with van der Waals surface area (Å²) >= 11 is 0. The van der Waals surface area contributed by atoms with Crippen LogP contribution in [0.2, 0.25) is 0 Å². The summed E-state index contributed by atoms with van der Waals surface area (Å²) in [6.45, 7) is 10.2. The fraction of sp³-hybridized carbons (Fsp3) is 0.714. The fourth-order valence-corrected chi connectivity index (χ4v) is 1.96. The summed E-state index contributed by atoms with van der Waals surface area (Å²) in [7, 11) is 4.21. The van der Waals surface area contributed by atoms with Crippen molar-refractivity contribution in [3.8, 4) is 0 Å². The van der Waals surface area contributed by atoms with E-state index in [1.165, 1.54) is 0 Å². The molecule has 0 spiro atoms. The zero-order valence-corrected chi connectivity index (χ0v) is 12.9.